The number of halogens is 1. The van der Waals surface area contributed by atoms with Crippen molar-refractivity contribution in [1.82, 2.24) is 15.1 Å². The largest absolute Gasteiger partial charge is 0.326 e. The Bertz CT molecular complexity index is 566. The highest BCUT2D eigenvalue weighted by Crippen LogP contribution is 2.15. The van der Waals surface area contributed by atoms with E-state index in [2.05, 4.69) is 20.4 Å². The van der Waals surface area contributed by atoms with Crippen molar-refractivity contribution >= 4 is 11.6 Å². The average Bonchev–Trinajstić information content (AvgIpc) is 3.11. The van der Waals surface area contributed by atoms with Gasteiger partial charge in [0.05, 0.1) is 0 Å². The molecule has 2 N–H and O–H groups in total. The van der Waals surface area contributed by atoms with Gasteiger partial charge < -0.3 is 15.5 Å². The molecule has 1 aromatic rings. The number of amides is 1. The maximum Gasteiger partial charge on any atom is 0.225 e. The first-order chi connectivity index (χ1) is 11.6. The Morgan fingerprint density at radius 1 is 1.33 bits per heavy atom. The van der Waals surface area contributed by atoms with Crippen LogP contribution in [-0.4, -0.2) is 67.6 Å². The van der Waals surface area contributed by atoms with E-state index in [1.165, 1.54) is 12.5 Å². The van der Waals surface area contributed by atoms with Crippen molar-refractivity contribution in [3.05, 3.63) is 29.6 Å². The summed E-state index contributed by atoms with van der Waals surface area (Å²) in [4.78, 5) is 16.9. The standard InChI is InChI=1S/C18H27FN4O/c1-14-2-3-15(12-17(14)19)21-18(24)5-7-22-8-10-23(11-9-22)16-4-6-20-13-16/h2-3,12,16,20H,4-11,13H2,1H3,(H,21,24). The molecule has 0 bridgehead atoms. The van der Waals surface area contributed by atoms with E-state index in [1.807, 2.05) is 0 Å². The number of carbonyl (C=O) groups is 1. The Balaban J connectivity index is 1.38. The van der Waals surface area contributed by atoms with Crippen LogP contribution in [0, 0.1) is 12.7 Å². The van der Waals surface area contributed by atoms with Gasteiger partial charge in [-0.25, -0.2) is 4.39 Å². The smallest absolute Gasteiger partial charge is 0.225 e. The molecule has 2 heterocycles. The van der Waals surface area contributed by atoms with Gasteiger partial charge in [-0.05, 0) is 37.6 Å². The number of anilines is 1. The highest BCUT2D eigenvalue weighted by molar-refractivity contribution is 5.90. The summed E-state index contributed by atoms with van der Waals surface area (Å²) in [6.45, 7) is 8.90. The molecule has 0 spiro atoms. The van der Waals surface area contributed by atoms with Gasteiger partial charge in [-0.2, -0.15) is 0 Å². The van der Waals surface area contributed by atoms with Crippen LogP contribution in [0.15, 0.2) is 18.2 Å². The quantitative estimate of drug-likeness (QED) is 0.856. The lowest BCUT2D eigenvalue weighted by Gasteiger charge is -2.37. The number of aryl methyl sites for hydroxylation is 1. The lowest BCUT2D eigenvalue weighted by Crippen LogP contribution is -2.51. The van der Waals surface area contributed by atoms with E-state index >= 15 is 0 Å². The van der Waals surface area contributed by atoms with Crippen LogP contribution in [0.2, 0.25) is 0 Å². The van der Waals surface area contributed by atoms with E-state index < -0.39 is 0 Å². The van der Waals surface area contributed by atoms with Crippen molar-refractivity contribution in [3.63, 3.8) is 0 Å². The van der Waals surface area contributed by atoms with Crippen LogP contribution in [-0.2, 0) is 4.79 Å². The SMILES string of the molecule is Cc1ccc(NC(=O)CCN2CCN(C3CCNC3)CC2)cc1F. The molecular formula is C18H27FN4O. The van der Waals surface area contributed by atoms with Gasteiger partial charge >= 0.3 is 0 Å². The van der Waals surface area contributed by atoms with Gasteiger partial charge in [0.25, 0.3) is 0 Å². The minimum absolute atomic E-state index is 0.0549. The molecule has 0 aromatic heterocycles. The van der Waals surface area contributed by atoms with E-state index in [0.29, 0.717) is 23.7 Å². The Morgan fingerprint density at radius 3 is 2.79 bits per heavy atom. The fraction of sp³-hybridized carbons (Fsp3) is 0.611. The Kier molecular flexibility index (Phi) is 5.81. The predicted octanol–water partition coefficient (Wildman–Crippen LogP) is 1.44. The second kappa shape index (κ2) is 8.05. The first-order valence-corrected chi connectivity index (χ1v) is 8.85. The van der Waals surface area contributed by atoms with Gasteiger partial charge in [-0.1, -0.05) is 6.07 Å². The van der Waals surface area contributed by atoms with Crippen molar-refractivity contribution < 1.29 is 9.18 Å². The zero-order chi connectivity index (χ0) is 16.9. The van der Waals surface area contributed by atoms with Crippen molar-refractivity contribution in [1.29, 1.82) is 0 Å². The maximum absolute atomic E-state index is 13.5. The lowest BCUT2D eigenvalue weighted by molar-refractivity contribution is -0.116. The molecule has 2 fully saturated rings. The molecule has 2 saturated heterocycles. The second-order valence-corrected chi connectivity index (χ2v) is 6.79. The second-order valence-electron chi connectivity index (χ2n) is 6.79. The fourth-order valence-corrected chi connectivity index (χ4v) is 3.46. The summed E-state index contributed by atoms with van der Waals surface area (Å²) >= 11 is 0. The molecule has 2 aliphatic heterocycles. The van der Waals surface area contributed by atoms with Crippen LogP contribution in [0.1, 0.15) is 18.4 Å². The van der Waals surface area contributed by atoms with Crippen LogP contribution in [0.4, 0.5) is 10.1 Å². The topological polar surface area (TPSA) is 47.6 Å². The molecule has 0 saturated carbocycles. The number of rotatable bonds is 5. The summed E-state index contributed by atoms with van der Waals surface area (Å²) in [7, 11) is 0. The minimum Gasteiger partial charge on any atom is -0.326 e. The third-order valence-electron chi connectivity index (χ3n) is 5.07. The molecule has 132 valence electrons. The molecule has 5 nitrogen and oxygen atoms in total. The van der Waals surface area contributed by atoms with Crippen LogP contribution in [0.5, 0.6) is 0 Å². The van der Waals surface area contributed by atoms with Crippen molar-refractivity contribution in [2.24, 2.45) is 0 Å². The number of hydrogen-bond acceptors (Lipinski definition) is 4. The third-order valence-corrected chi connectivity index (χ3v) is 5.07. The molecule has 0 radical (unpaired) electrons. The molecule has 3 rings (SSSR count). The highest BCUT2D eigenvalue weighted by atomic mass is 19.1. The van der Waals surface area contributed by atoms with E-state index in [1.54, 1.807) is 19.1 Å². The monoisotopic (exact) mass is 334 g/mol. The van der Waals surface area contributed by atoms with Crippen molar-refractivity contribution in [2.45, 2.75) is 25.8 Å². The average molecular weight is 334 g/mol. The summed E-state index contributed by atoms with van der Waals surface area (Å²) in [6, 6.07) is 5.49. The number of hydrogen-bond donors (Lipinski definition) is 2. The number of nitrogens with zero attached hydrogens (tertiary/aromatic N) is 2. The Labute approximate surface area is 143 Å². The zero-order valence-corrected chi connectivity index (χ0v) is 14.4. The van der Waals surface area contributed by atoms with Crippen LogP contribution in [0.3, 0.4) is 0 Å². The molecule has 1 aromatic carbocycles. The van der Waals surface area contributed by atoms with Crippen molar-refractivity contribution in [3.8, 4) is 0 Å². The van der Waals surface area contributed by atoms with Gasteiger partial charge in [-0.15, -0.1) is 0 Å². The molecular weight excluding hydrogens is 307 g/mol. The minimum atomic E-state index is -0.287. The van der Waals surface area contributed by atoms with Crippen LogP contribution < -0.4 is 10.6 Å². The number of benzene rings is 1. The van der Waals surface area contributed by atoms with E-state index in [-0.39, 0.29) is 11.7 Å². The number of nitrogens with one attached hydrogen (secondary N) is 2. The zero-order valence-electron chi connectivity index (χ0n) is 14.4. The van der Waals surface area contributed by atoms with Gasteiger partial charge in [0.2, 0.25) is 5.91 Å². The number of piperazine rings is 1. The molecule has 1 atom stereocenters. The van der Waals surface area contributed by atoms with Gasteiger partial charge in [0, 0.05) is 57.4 Å². The van der Waals surface area contributed by atoms with Crippen LogP contribution >= 0.6 is 0 Å². The summed E-state index contributed by atoms with van der Waals surface area (Å²) in [5.74, 6) is -0.342. The van der Waals surface area contributed by atoms with Crippen molar-refractivity contribution in [2.75, 3.05) is 51.1 Å². The molecule has 6 heteroatoms. The molecule has 1 unspecified atom stereocenters. The van der Waals surface area contributed by atoms with E-state index in [0.717, 1.165) is 45.8 Å². The molecule has 0 aliphatic carbocycles. The Hall–Kier alpha value is -1.50. The first kappa shape index (κ1) is 17.3. The maximum atomic E-state index is 13.5. The Morgan fingerprint density at radius 2 is 2.12 bits per heavy atom. The van der Waals surface area contributed by atoms with E-state index in [4.69, 9.17) is 0 Å². The highest BCUT2D eigenvalue weighted by Gasteiger charge is 2.25. The molecule has 1 amide bonds. The first-order valence-electron chi connectivity index (χ1n) is 8.85. The predicted molar refractivity (Wildman–Crippen MR) is 93.7 cm³/mol. The molecule has 2 aliphatic rings. The van der Waals surface area contributed by atoms with Gasteiger partial charge in [-0.3, -0.25) is 9.69 Å². The number of carbonyl (C=O) groups excluding carboxylic acids is 1. The normalized spacial score (nSPS) is 22.7. The van der Waals surface area contributed by atoms with E-state index in [9.17, 15) is 9.18 Å². The fourth-order valence-electron chi connectivity index (χ4n) is 3.46. The molecule has 24 heavy (non-hydrogen) atoms. The summed E-state index contributed by atoms with van der Waals surface area (Å²) in [6.07, 6.45) is 1.69. The van der Waals surface area contributed by atoms with Crippen LogP contribution in [0.25, 0.3) is 0 Å². The summed E-state index contributed by atoms with van der Waals surface area (Å²) in [5.41, 5.74) is 1.12. The summed E-state index contributed by atoms with van der Waals surface area (Å²) in [5, 5.41) is 6.20. The lowest BCUT2D eigenvalue weighted by atomic mass is 10.2. The van der Waals surface area contributed by atoms with Gasteiger partial charge in [0.1, 0.15) is 5.82 Å². The van der Waals surface area contributed by atoms with Gasteiger partial charge in [0.15, 0.2) is 0 Å². The summed E-state index contributed by atoms with van der Waals surface area (Å²) < 4.78 is 13.5. The third kappa shape index (κ3) is 4.53.